The molecule has 0 radical (unpaired) electrons. The third-order valence-corrected chi connectivity index (χ3v) is 19.9. The van der Waals surface area contributed by atoms with Gasteiger partial charge in [-0.25, -0.2) is 4.98 Å². The molecule has 2 aliphatic rings. The van der Waals surface area contributed by atoms with E-state index in [1.165, 1.54) is 121 Å². The van der Waals surface area contributed by atoms with Gasteiger partial charge in [-0.05, 0) is 193 Å². The summed E-state index contributed by atoms with van der Waals surface area (Å²) in [6.07, 6.45) is 0. The van der Waals surface area contributed by atoms with Gasteiger partial charge in [-0.1, -0.05) is 239 Å². The van der Waals surface area contributed by atoms with Gasteiger partial charge in [0.25, 0.3) is 0 Å². The first-order valence-electron chi connectivity index (χ1n) is 29.6. The summed E-state index contributed by atoms with van der Waals surface area (Å²) in [7, 11) is 0. The van der Waals surface area contributed by atoms with Crippen molar-refractivity contribution < 1.29 is 0 Å². The normalized spacial score (nSPS) is 13.6. The molecule has 0 N–H and O–H groups in total. The van der Waals surface area contributed by atoms with Crippen LogP contribution in [0.3, 0.4) is 0 Å². The van der Waals surface area contributed by atoms with Gasteiger partial charge in [0.05, 0.1) is 10.2 Å². The lowest BCUT2D eigenvalue weighted by Crippen LogP contribution is -2.23. The lowest BCUT2D eigenvalue weighted by atomic mass is 9.67. The van der Waals surface area contributed by atoms with Crippen molar-refractivity contribution >= 4 is 109 Å². The van der Waals surface area contributed by atoms with Gasteiger partial charge in [-0.15, -0.1) is 0 Å². The molecule has 0 bridgehead atoms. The van der Waals surface area contributed by atoms with E-state index in [-0.39, 0.29) is 10.8 Å². The minimum Gasteiger partial charge on any atom is -0.310 e. The van der Waals surface area contributed by atoms with Crippen LogP contribution in [-0.2, 0) is 10.8 Å². The molecule has 3 nitrogen and oxygen atoms in total. The van der Waals surface area contributed by atoms with Crippen LogP contribution in [0.1, 0.15) is 49.9 Å². The maximum atomic E-state index is 5.37. The predicted octanol–water partition coefficient (Wildman–Crippen LogP) is 22.9. The van der Waals surface area contributed by atoms with Gasteiger partial charge in [0, 0.05) is 39.3 Å². The smallest absolute Gasteiger partial charge is 0.195 e. The van der Waals surface area contributed by atoms with E-state index in [0.29, 0.717) is 0 Å². The monoisotopic (exact) mass is 1100 g/mol. The number of benzene rings is 14. The van der Waals surface area contributed by atoms with Gasteiger partial charge >= 0.3 is 0 Å². The van der Waals surface area contributed by atoms with Crippen LogP contribution in [0.15, 0.2) is 273 Å². The molecular formula is C81H57N3S. The highest BCUT2D eigenvalue weighted by atomic mass is 32.1. The molecule has 0 amide bonds. The molecule has 0 fully saturated rings. The van der Waals surface area contributed by atoms with E-state index < -0.39 is 0 Å². The molecule has 0 saturated carbocycles. The molecule has 0 atom stereocenters. The van der Waals surface area contributed by atoms with Crippen molar-refractivity contribution in [2.75, 3.05) is 9.80 Å². The van der Waals surface area contributed by atoms with E-state index in [4.69, 9.17) is 4.98 Å². The number of nitrogens with zero attached hydrogens (tertiary/aromatic N) is 3. The van der Waals surface area contributed by atoms with Crippen LogP contribution in [-0.4, -0.2) is 4.98 Å². The van der Waals surface area contributed by atoms with Crippen molar-refractivity contribution in [1.82, 2.24) is 4.98 Å². The van der Waals surface area contributed by atoms with Gasteiger partial charge < -0.3 is 4.90 Å². The fraction of sp³-hybridized carbons (Fsp3) is 0.0741. The summed E-state index contributed by atoms with van der Waals surface area (Å²) in [4.78, 5) is 10.2. The summed E-state index contributed by atoms with van der Waals surface area (Å²) in [5.74, 6) is 0. The number of fused-ring (bicyclic) bond motifs is 8. The first-order chi connectivity index (χ1) is 41.7. The molecule has 14 aromatic carbocycles. The third kappa shape index (κ3) is 7.41. The first kappa shape index (κ1) is 49.5. The zero-order chi connectivity index (χ0) is 56.7. The standard InChI is InChI=1S/C81H57N3S/c1-80(2)69-31-15-13-27-57(69)61-43-45-63(59-29-19-33-71(80)77(59)61)75-66-42-40-56(84(53-25-9-6-10-26-53)79-82-73-35-17-18-36-74(73)85-79)49-68(66)76(64-46-44-62-58-28-14-16-32-70(58)81(3,4)72-34-20-30-60(64)78(62)72)65-41-39-55(48-67(65)75)83(52-23-7-5-8-24-52)54-38-37-50-21-11-12-22-51(50)47-54/h5-49H,1-4H3. The number of hydrogen-bond donors (Lipinski definition) is 0. The minimum atomic E-state index is -0.224. The molecule has 15 aromatic rings. The highest BCUT2D eigenvalue weighted by Crippen LogP contribution is 2.56. The summed E-state index contributed by atoms with van der Waals surface area (Å²) < 4.78 is 1.15. The molecule has 0 unspecified atom stereocenters. The summed E-state index contributed by atoms with van der Waals surface area (Å²) in [5, 5.41) is 13.2. The van der Waals surface area contributed by atoms with Crippen molar-refractivity contribution in [3.63, 3.8) is 0 Å². The van der Waals surface area contributed by atoms with Crippen molar-refractivity contribution in [2.24, 2.45) is 0 Å². The molecule has 2 aliphatic carbocycles. The van der Waals surface area contributed by atoms with Gasteiger partial charge in [0.2, 0.25) is 0 Å². The van der Waals surface area contributed by atoms with E-state index in [0.717, 1.165) is 43.8 Å². The number of anilines is 6. The van der Waals surface area contributed by atoms with Gasteiger partial charge in [0.15, 0.2) is 5.13 Å². The zero-order valence-corrected chi connectivity index (χ0v) is 48.5. The van der Waals surface area contributed by atoms with Crippen LogP contribution in [0.5, 0.6) is 0 Å². The average molecular weight is 1100 g/mol. The number of aromatic nitrogens is 1. The van der Waals surface area contributed by atoms with Crippen molar-refractivity contribution in [3.05, 3.63) is 295 Å². The number of para-hydroxylation sites is 3. The molecular weight excluding hydrogens is 1050 g/mol. The molecule has 1 aromatic heterocycles. The zero-order valence-electron chi connectivity index (χ0n) is 47.7. The topological polar surface area (TPSA) is 19.4 Å². The van der Waals surface area contributed by atoms with E-state index >= 15 is 0 Å². The Morgan fingerprint density at radius 3 is 1.32 bits per heavy atom. The number of hydrogen-bond acceptors (Lipinski definition) is 4. The van der Waals surface area contributed by atoms with Crippen molar-refractivity contribution in [1.29, 1.82) is 0 Å². The van der Waals surface area contributed by atoms with E-state index in [9.17, 15) is 0 Å². The fourth-order valence-electron chi connectivity index (χ4n) is 14.9. The largest absolute Gasteiger partial charge is 0.310 e. The Bertz CT molecular complexity index is 5230. The van der Waals surface area contributed by atoms with Crippen molar-refractivity contribution in [2.45, 2.75) is 38.5 Å². The Kier molecular flexibility index (Phi) is 10.9. The van der Waals surface area contributed by atoms with Gasteiger partial charge in [0.1, 0.15) is 0 Å². The molecule has 17 rings (SSSR count). The quantitative estimate of drug-likeness (QED) is 0.141. The minimum absolute atomic E-state index is 0.223. The number of thiazole rings is 1. The Hall–Kier alpha value is -10.1. The molecule has 0 saturated heterocycles. The average Bonchev–Trinajstić information content (AvgIpc) is 1.81. The predicted molar refractivity (Wildman–Crippen MR) is 363 cm³/mol. The highest BCUT2D eigenvalue weighted by molar-refractivity contribution is 7.22. The second kappa shape index (κ2) is 18.7. The molecule has 4 heteroatoms. The van der Waals surface area contributed by atoms with Gasteiger partial charge in [-0.3, -0.25) is 4.90 Å². The lowest BCUT2D eigenvalue weighted by molar-refractivity contribution is 0.645. The Morgan fingerprint density at radius 1 is 0.294 bits per heavy atom. The van der Waals surface area contributed by atoms with E-state index in [1.54, 1.807) is 11.3 Å². The summed E-state index contributed by atoms with van der Waals surface area (Å²) in [5.41, 5.74) is 21.3. The van der Waals surface area contributed by atoms with Gasteiger partial charge in [-0.2, -0.15) is 0 Å². The highest BCUT2D eigenvalue weighted by Gasteiger charge is 2.36. The van der Waals surface area contributed by atoms with E-state index in [1.807, 2.05) is 0 Å². The first-order valence-corrected chi connectivity index (χ1v) is 30.4. The number of rotatable bonds is 8. The Balaban J connectivity index is 1.03. The molecule has 0 aliphatic heterocycles. The fourth-order valence-corrected chi connectivity index (χ4v) is 15.9. The SMILES string of the molecule is CC1(C)c2ccccc2-c2ccc(-c3c4ccc(N(c5ccccc5)c5nc6ccccc6s5)cc4c(-c4ccc5c6c(cccc46)C(C)(C)c4ccccc4-5)c4ccc(N(c5ccccc5)c5ccc6ccccc6c5)cc34)c3cccc1c23. The molecule has 85 heavy (non-hydrogen) atoms. The van der Waals surface area contributed by atoms with Crippen molar-refractivity contribution in [3.8, 4) is 44.5 Å². The Morgan fingerprint density at radius 2 is 0.741 bits per heavy atom. The van der Waals surface area contributed by atoms with Crippen LogP contribution in [0, 0.1) is 0 Å². The summed E-state index contributed by atoms with van der Waals surface area (Å²) >= 11 is 1.73. The van der Waals surface area contributed by atoms with Crippen LogP contribution in [0.25, 0.3) is 109 Å². The Labute approximate surface area is 499 Å². The van der Waals surface area contributed by atoms with Crippen LogP contribution >= 0.6 is 11.3 Å². The van der Waals surface area contributed by atoms with Crippen LogP contribution < -0.4 is 9.80 Å². The maximum absolute atomic E-state index is 5.37. The second-order valence-electron chi connectivity index (χ2n) is 24.2. The summed E-state index contributed by atoms with van der Waals surface area (Å²) in [6.45, 7) is 9.60. The molecule has 0 spiro atoms. The lowest BCUT2D eigenvalue weighted by Gasteiger charge is -2.36. The maximum Gasteiger partial charge on any atom is 0.195 e. The molecule has 1 heterocycles. The van der Waals surface area contributed by atoms with Crippen LogP contribution in [0.4, 0.5) is 33.6 Å². The van der Waals surface area contributed by atoms with E-state index in [2.05, 4.69) is 310 Å². The third-order valence-electron chi connectivity index (χ3n) is 18.8. The summed E-state index contributed by atoms with van der Waals surface area (Å²) in [6, 6.07) is 102. The van der Waals surface area contributed by atoms with Crippen LogP contribution in [0.2, 0.25) is 0 Å². The molecule has 402 valence electrons. The second-order valence-corrected chi connectivity index (χ2v) is 25.2.